The number of benzene rings is 4. The number of ether oxygens (including phenoxy) is 2. The molecule has 0 aliphatic carbocycles. The number of aryl methyl sites for hydroxylation is 2. The summed E-state index contributed by atoms with van der Waals surface area (Å²) >= 11 is 0. The summed E-state index contributed by atoms with van der Waals surface area (Å²) in [6, 6.07) is 23.7. The lowest BCUT2D eigenvalue weighted by molar-refractivity contribution is 0.0971. The Labute approximate surface area is 230 Å². The molecule has 1 aliphatic heterocycles. The van der Waals surface area contributed by atoms with E-state index in [-0.39, 0.29) is 22.3 Å². The van der Waals surface area contributed by atoms with Crippen LogP contribution in [0, 0.1) is 19.7 Å². The predicted molar refractivity (Wildman–Crippen MR) is 151 cm³/mol. The number of hydrogen-bond acceptors (Lipinski definition) is 5. The van der Waals surface area contributed by atoms with Gasteiger partial charge < -0.3 is 13.9 Å². The van der Waals surface area contributed by atoms with Crippen LogP contribution in [0.3, 0.4) is 0 Å². The van der Waals surface area contributed by atoms with Gasteiger partial charge in [0.2, 0.25) is 5.76 Å². The lowest BCUT2D eigenvalue weighted by Gasteiger charge is -2.26. The smallest absolute Gasteiger partial charge is 0.295 e. The Bertz CT molecular complexity index is 1830. The van der Waals surface area contributed by atoms with E-state index in [9.17, 15) is 14.0 Å². The van der Waals surface area contributed by atoms with Crippen LogP contribution >= 0.6 is 0 Å². The van der Waals surface area contributed by atoms with E-state index in [0.717, 1.165) is 22.8 Å². The second-order valence-electron chi connectivity index (χ2n) is 9.85. The number of carbonyl (C=O) groups is 1. The van der Waals surface area contributed by atoms with Crippen molar-refractivity contribution in [3.05, 3.63) is 135 Å². The lowest BCUT2D eigenvalue weighted by atomic mass is 9.97. The molecule has 200 valence electrons. The third-order valence-electron chi connectivity index (χ3n) is 7.34. The highest BCUT2D eigenvalue weighted by atomic mass is 19.1. The molecular weight excluding hydrogens is 509 g/mol. The Hall–Kier alpha value is -4.91. The van der Waals surface area contributed by atoms with Gasteiger partial charge in [0.15, 0.2) is 16.9 Å². The average Bonchev–Trinajstić information content (AvgIpc) is 3.26. The molecule has 6 nitrogen and oxygen atoms in total. The lowest BCUT2D eigenvalue weighted by Crippen LogP contribution is -2.29. The van der Waals surface area contributed by atoms with Gasteiger partial charge in [0, 0.05) is 5.69 Å². The number of rotatable bonds is 6. The Morgan fingerprint density at radius 3 is 2.42 bits per heavy atom. The molecule has 5 aromatic rings. The molecule has 1 aliphatic rings. The molecule has 40 heavy (non-hydrogen) atoms. The molecule has 6 rings (SSSR count). The predicted octanol–water partition coefficient (Wildman–Crippen LogP) is 6.89. The Balaban J connectivity index is 1.51. The van der Waals surface area contributed by atoms with E-state index in [4.69, 9.17) is 13.9 Å². The van der Waals surface area contributed by atoms with Gasteiger partial charge in [0.1, 0.15) is 18.0 Å². The number of methoxy groups -OCH3 is 1. The van der Waals surface area contributed by atoms with E-state index < -0.39 is 23.2 Å². The fourth-order valence-electron chi connectivity index (χ4n) is 5.11. The molecule has 1 atom stereocenters. The highest BCUT2D eigenvalue weighted by Crippen LogP contribution is 2.43. The van der Waals surface area contributed by atoms with Crippen LogP contribution in [0.25, 0.3) is 11.0 Å². The molecule has 0 spiro atoms. The fourth-order valence-corrected chi connectivity index (χ4v) is 5.11. The van der Waals surface area contributed by atoms with Crippen LogP contribution in [0.5, 0.6) is 11.5 Å². The maximum Gasteiger partial charge on any atom is 0.295 e. The molecule has 7 heteroatoms. The highest BCUT2D eigenvalue weighted by molar-refractivity contribution is 6.10. The number of halogens is 1. The van der Waals surface area contributed by atoms with Crippen LogP contribution in [0.2, 0.25) is 0 Å². The number of nitrogens with zero attached hydrogens (tertiary/aromatic N) is 1. The monoisotopic (exact) mass is 535 g/mol. The molecule has 0 saturated carbocycles. The zero-order valence-corrected chi connectivity index (χ0v) is 22.2. The zero-order valence-electron chi connectivity index (χ0n) is 22.2. The normalized spacial score (nSPS) is 14.4. The van der Waals surface area contributed by atoms with Crippen LogP contribution in [-0.4, -0.2) is 13.0 Å². The molecule has 0 N–H and O–H groups in total. The van der Waals surface area contributed by atoms with Crippen LogP contribution in [0.4, 0.5) is 10.1 Å². The molecule has 2 heterocycles. The molecule has 0 fully saturated rings. The van der Waals surface area contributed by atoms with E-state index in [1.54, 1.807) is 23.1 Å². The molecule has 1 unspecified atom stereocenters. The van der Waals surface area contributed by atoms with Gasteiger partial charge in [-0.2, -0.15) is 0 Å². The van der Waals surface area contributed by atoms with Crippen LogP contribution < -0.4 is 19.8 Å². The summed E-state index contributed by atoms with van der Waals surface area (Å²) in [7, 11) is 1.54. The largest absolute Gasteiger partial charge is 0.493 e. The maximum absolute atomic E-state index is 14.1. The van der Waals surface area contributed by atoms with E-state index in [0.29, 0.717) is 29.4 Å². The van der Waals surface area contributed by atoms with Crippen LogP contribution in [0.1, 0.15) is 44.4 Å². The van der Waals surface area contributed by atoms with Crippen molar-refractivity contribution in [2.24, 2.45) is 0 Å². The first-order chi connectivity index (χ1) is 19.4. The standard InChI is InChI=1S/C33H26FNO5/c1-19-9-12-24(15-20(19)2)35-30(29-31(36)25-17-23(34)11-14-26(25)40-32(29)33(35)37)22-10-13-27(28(16-22)38-3)39-18-21-7-5-4-6-8-21/h4-17,30H,18H2,1-3H3. The summed E-state index contributed by atoms with van der Waals surface area (Å²) in [5.74, 6) is -0.102. The van der Waals surface area contributed by atoms with Crippen molar-refractivity contribution in [2.75, 3.05) is 12.0 Å². The summed E-state index contributed by atoms with van der Waals surface area (Å²) in [6.07, 6.45) is 0. The van der Waals surface area contributed by atoms with Gasteiger partial charge in [-0.1, -0.05) is 42.5 Å². The summed E-state index contributed by atoms with van der Waals surface area (Å²) in [6.45, 7) is 4.30. The molecule has 4 aromatic carbocycles. The second-order valence-corrected chi connectivity index (χ2v) is 9.85. The van der Waals surface area contributed by atoms with Crippen LogP contribution in [-0.2, 0) is 6.61 Å². The minimum atomic E-state index is -0.828. The quantitative estimate of drug-likeness (QED) is 0.237. The fraction of sp³-hybridized carbons (Fsp3) is 0.152. The van der Waals surface area contributed by atoms with E-state index in [1.807, 2.05) is 62.4 Å². The molecular formula is C33H26FNO5. The number of hydrogen-bond donors (Lipinski definition) is 0. The summed E-state index contributed by atoms with van der Waals surface area (Å²) in [5, 5.41) is 0.0771. The number of carbonyl (C=O) groups excluding carboxylic acids is 1. The summed E-state index contributed by atoms with van der Waals surface area (Å²) in [5.41, 5.74) is 4.16. The topological polar surface area (TPSA) is 69.0 Å². The second kappa shape index (κ2) is 10.0. The van der Waals surface area contributed by atoms with Gasteiger partial charge >= 0.3 is 0 Å². The van der Waals surface area contributed by atoms with Crippen molar-refractivity contribution in [1.82, 2.24) is 0 Å². The molecule has 1 aromatic heterocycles. The number of fused-ring (bicyclic) bond motifs is 2. The maximum atomic E-state index is 14.1. The van der Waals surface area contributed by atoms with Crippen molar-refractivity contribution in [3.63, 3.8) is 0 Å². The van der Waals surface area contributed by atoms with Gasteiger partial charge in [-0.3, -0.25) is 14.5 Å². The first-order valence-electron chi connectivity index (χ1n) is 12.9. The molecule has 0 saturated heterocycles. The van der Waals surface area contributed by atoms with Crippen molar-refractivity contribution in [3.8, 4) is 11.5 Å². The van der Waals surface area contributed by atoms with Gasteiger partial charge in [-0.05, 0) is 78.6 Å². The average molecular weight is 536 g/mol. The Kier molecular flexibility index (Phi) is 6.34. The molecule has 0 radical (unpaired) electrons. The Morgan fingerprint density at radius 1 is 0.875 bits per heavy atom. The summed E-state index contributed by atoms with van der Waals surface area (Å²) in [4.78, 5) is 29.3. The first-order valence-corrected chi connectivity index (χ1v) is 12.9. The van der Waals surface area contributed by atoms with Crippen molar-refractivity contribution in [1.29, 1.82) is 0 Å². The highest BCUT2D eigenvalue weighted by Gasteiger charge is 2.44. The van der Waals surface area contributed by atoms with Crippen molar-refractivity contribution < 1.29 is 23.1 Å². The van der Waals surface area contributed by atoms with E-state index in [2.05, 4.69) is 0 Å². The minimum absolute atomic E-state index is 0.0595. The van der Waals surface area contributed by atoms with E-state index >= 15 is 0 Å². The van der Waals surface area contributed by atoms with Gasteiger partial charge in [0.25, 0.3) is 5.91 Å². The van der Waals surface area contributed by atoms with Crippen molar-refractivity contribution >= 4 is 22.6 Å². The Morgan fingerprint density at radius 2 is 1.68 bits per heavy atom. The number of amides is 1. The third kappa shape index (κ3) is 4.29. The van der Waals surface area contributed by atoms with Gasteiger partial charge in [-0.25, -0.2) is 4.39 Å². The zero-order chi connectivity index (χ0) is 28.0. The van der Waals surface area contributed by atoms with Crippen LogP contribution in [0.15, 0.2) is 94.1 Å². The number of anilines is 1. The van der Waals surface area contributed by atoms with Gasteiger partial charge in [-0.15, -0.1) is 0 Å². The molecule has 1 amide bonds. The van der Waals surface area contributed by atoms with Crippen molar-refractivity contribution in [2.45, 2.75) is 26.5 Å². The summed E-state index contributed by atoms with van der Waals surface area (Å²) < 4.78 is 31.8. The minimum Gasteiger partial charge on any atom is -0.493 e. The molecule has 0 bridgehead atoms. The van der Waals surface area contributed by atoms with Gasteiger partial charge in [0.05, 0.1) is 24.1 Å². The van der Waals surface area contributed by atoms with E-state index in [1.165, 1.54) is 19.2 Å². The third-order valence-corrected chi connectivity index (χ3v) is 7.34. The SMILES string of the molecule is COc1cc(C2c3c(oc4ccc(F)cc4c3=O)C(=O)N2c2ccc(C)c(C)c2)ccc1OCc1ccccc1. The first kappa shape index (κ1) is 25.4.